The van der Waals surface area contributed by atoms with Crippen LogP contribution in [0.5, 0.6) is 0 Å². The molecule has 0 aliphatic heterocycles. The Balaban J connectivity index is 1.89. The highest BCUT2D eigenvalue weighted by atomic mass is 16.2. The highest BCUT2D eigenvalue weighted by Gasteiger charge is 2.22. The van der Waals surface area contributed by atoms with Gasteiger partial charge >= 0.3 is 0 Å². The molecule has 31 heavy (non-hydrogen) atoms. The summed E-state index contributed by atoms with van der Waals surface area (Å²) in [5.41, 5.74) is 2.01. The molecule has 0 spiro atoms. The summed E-state index contributed by atoms with van der Waals surface area (Å²) in [6, 6.07) is 13.7. The molecule has 1 N–H and O–H groups in total. The lowest BCUT2D eigenvalue weighted by Crippen LogP contribution is -2.34. The zero-order valence-electron chi connectivity index (χ0n) is 17.0. The van der Waals surface area contributed by atoms with Gasteiger partial charge in [0.1, 0.15) is 11.5 Å². The first-order valence-electron chi connectivity index (χ1n) is 9.67. The summed E-state index contributed by atoms with van der Waals surface area (Å²) < 4.78 is 1.48. The molecule has 1 unspecified atom stereocenters. The molecule has 2 aromatic carbocycles. The fraction of sp³-hybridized carbons (Fsp3) is 0.125. The van der Waals surface area contributed by atoms with Gasteiger partial charge in [-0.1, -0.05) is 30.2 Å². The van der Waals surface area contributed by atoms with Gasteiger partial charge in [-0.15, -0.1) is 6.42 Å². The SMILES string of the molecule is C#Cc1cccc2nc(C(C)NC(=O)c3nccnc3C)n(-c3ccccc3)c(=O)c12. The van der Waals surface area contributed by atoms with Crippen LogP contribution in [-0.2, 0) is 0 Å². The van der Waals surface area contributed by atoms with Crippen LogP contribution in [0.1, 0.15) is 40.5 Å². The van der Waals surface area contributed by atoms with Crippen LogP contribution in [0, 0.1) is 19.3 Å². The molecule has 4 rings (SSSR count). The molecular formula is C24H19N5O2. The smallest absolute Gasteiger partial charge is 0.272 e. The van der Waals surface area contributed by atoms with Gasteiger partial charge in [0.05, 0.1) is 28.3 Å². The predicted octanol–water partition coefficient (Wildman–Crippen LogP) is 2.96. The maximum atomic E-state index is 13.5. The van der Waals surface area contributed by atoms with Crippen LogP contribution in [0.25, 0.3) is 16.6 Å². The van der Waals surface area contributed by atoms with Crippen LogP contribution in [-0.4, -0.2) is 25.4 Å². The second kappa shape index (κ2) is 8.20. The van der Waals surface area contributed by atoms with E-state index in [1.807, 2.05) is 18.2 Å². The number of carbonyl (C=O) groups is 1. The van der Waals surface area contributed by atoms with Crippen molar-refractivity contribution in [2.75, 3.05) is 0 Å². The zero-order valence-corrected chi connectivity index (χ0v) is 17.0. The van der Waals surface area contributed by atoms with E-state index in [4.69, 9.17) is 11.4 Å². The van der Waals surface area contributed by atoms with E-state index in [2.05, 4.69) is 21.2 Å². The van der Waals surface area contributed by atoms with Gasteiger partial charge in [0.15, 0.2) is 0 Å². The van der Waals surface area contributed by atoms with E-state index in [1.54, 1.807) is 44.2 Å². The van der Waals surface area contributed by atoms with Crippen molar-refractivity contribution in [3.8, 4) is 18.0 Å². The minimum atomic E-state index is -0.597. The molecule has 0 fully saturated rings. The van der Waals surface area contributed by atoms with Crippen molar-refractivity contribution in [2.45, 2.75) is 19.9 Å². The highest BCUT2D eigenvalue weighted by Crippen LogP contribution is 2.20. The van der Waals surface area contributed by atoms with Crippen molar-refractivity contribution in [1.82, 2.24) is 24.8 Å². The maximum absolute atomic E-state index is 13.5. The summed E-state index contributed by atoms with van der Waals surface area (Å²) in [4.78, 5) is 39.3. The molecular weight excluding hydrogens is 390 g/mol. The second-order valence-electron chi connectivity index (χ2n) is 6.98. The molecule has 2 heterocycles. The molecule has 1 amide bonds. The Morgan fingerprint density at radius 1 is 1.10 bits per heavy atom. The molecule has 1 atom stereocenters. The van der Waals surface area contributed by atoms with Crippen LogP contribution in [0.2, 0.25) is 0 Å². The number of hydrogen-bond acceptors (Lipinski definition) is 5. The van der Waals surface area contributed by atoms with Crippen LogP contribution >= 0.6 is 0 Å². The molecule has 7 nitrogen and oxygen atoms in total. The molecule has 0 bridgehead atoms. The van der Waals surface area contributed by atoms with Crippen LogP contribution in [0.4, 0.5) is 0 Å². The number of terminal acetylenes is 1. The number of rotatable bonds is 4. The molecule has 0 radical (unpaired) electrons. The molecule has 0 saturated carbocycles. The van der Waals surface area contributed by atoms with Gasteiger partial charge in [-0.2, -0.15) is 0 Å². The number of nitrogens with one attached hydrogen (secondary N) is 1. The van der Waals surface area contributed by atoms with Crippen molar-refractivity contribution in [2.24, 2.45) is 0 Å². The first-order chi connectivity index (χ1) is 15.0. The van der Waals surface area contributed by atoms with Crippen molar-refractivity contribution < 1.29 is 4.79 Å². The van der Waals surface area contributed by atoms with Gasteiger partial charge in [-0.3, -0.25) is 19.1 Å². The molecule has 0 aliphatic carbocycles. The van der Waals surface area contributed by atoms with Crippen molar-refractivity contribution >= 4 is 16.8 Å². The van der Waals surface area contributed by atoms with E-state index in [1.165, 1.54) is 17.0 Å². The van der Waals surface area contributed by atoms with Crippen molar-refractivity contribution in [1.29, 1.82) is 0 Å². The third kappa shape index (κ3) is 3.67. The Hall–Kier alpha value is -4.31. The number of aromatic nitrogens is 4. The quantitative estimate of drug-likeness (QED) is 0.524. The lowest BCUT2D eigenvalue weighted by molar-refractivity contribution is 0.0931. The van der Waals surface area contributed by atoms with E-state index in [-0.39, 0.29) is 11.3 Å². The fourth-order valence-electron chi connectivity index (χ4n) is 3.44. The third-order valence-electron chi connectivity index (χ3n) is 4.92. The summed E-state index contributed by atoms with van der Waals surface area (Å²) in [6.45, 7) is 3.48. The van der Waals surface area contributed by atoms with Gasteiger partial charge in [0, 0.05) is 18.0 Å². The van der Waals surface area contributed by atoms with E-state index in [0.29, 0.717) is 33.7 Å². The van der Waals surface area contributed by atoms with E-state index >= 15 is 0 Å². The lowest BCUT2D eigenvalue weighted by Gasteiger charge is -2.20. The molecule has 152 valence electrons. The average molecular weight is 409 g/mol. The number of amides is 1. The molecule has 0 saturated heterocycles. The van der Waals surface area contributed by atoms with E-state index in [9.17, 15) is 9.59 Å². The van der Waals surface area contributed by atoms with Gasteiger partial charge in [0.25, 0.3) is 11.5 Å². The Bertz CT molecular complexity index is 1390. The zero-order chi connectivity index (χ0) is 22.0. The first-order valence-corrected chi connectivity index (χ1v) is 9.67. The summed E-state index contributed by atoms with van der Waals surface area (Å²) >= 11 is 0. The number of fused-ring (bicyclic) bond motifs is 1. The molecule has 0 aliphatic rings. The number of benzene rings is 2. The van der Waals surface area contributed by atoms with E-state index < -0.39 is 11.9 Å². The second-order valence-corrected chi connectivity index (χ2v) is 6.98. The van der Waals surface area contributed by atoms with Crippen LogP contribution in [0.3, 0.4) is 0 Å². The Morgan fingerprint density at radius 2 is 1.84 bits per heavy atom. The summed E-state index contributed by atoms with van der Waals surface area (Å²) in [7, 11) is 0. The van der Waals surface area contributed by atoms with E-state index in [0.717, 1.165) is 0 Å². The largest absolute Gasteiger partial charge is 0.341 e. The van der Waals surface area contributed by atoms with Crippen molar-refractivity contribution in [3.63, 3.8) is 0 Å². The normalized spacial score (nSPS) is 11.6. The number of hydrogen-bond donors (Lipinski definition) is 1. The lowest BCUT2D eigenvalue weighted by atomic mass is 10.1. The monoisotopic (exact) mass is 409 g/mol. The minimum absolute atomic E-state index is 0.221. The summed E-state index contributed by atoms with van der Waals surface area (Å²) in [5.74, 6) is 2.54. The predicted molar refractivity (Wildman–Crippen MR) is 118 cm³/mol. The Morgan fingerprint density at radius 3 is 2.55 bits per heavy atom. The molecule has 2 aromatic heterocycles. The topological polar surface area (TPSA) is 89.8 Å². The minimum Gasteiger partial charge on any atom is -0.341 e. The third-order valence-corrected chi connectivity index (χ3v) is 4.92. The maximum Gasteiger partial charge on any atom is 0.272 e. The number of carbonyl (C=O) groups excluding carboxylic acids is 1. The standard InChI is InChI=1S/C24H19N5O2/c1-4-17-9-8-12-19-20(17)24(31)29(18-10-6-5-7-11-18)22(28-19)16(3)27-23(30)21-15(2)25-13-14-26-21/h1,5-14,16H,2-3H3,(H,27,30). The van der Waals surface area contributed by atoms with Crippen LogP contribution < -0.4 is 10.9 Å². The van der Waals surface area contributed by atoms with Gasteiger partial charge < -0.3 is 5.32 Å². The Labute approximate surface area is 178 Å². The summed E-state index contributed by atoms with van der Waals surface area (Å²) in [6.07, 6.45) is 8.60. The first kappa shape index (κ1) is 20.0. The molecule has 4 aromatic rings. The van der Waals surface area contributed by atoms with Crippen molar-refractivity contribution in [3.05, 3.63) is 94.1 Å². The number of para-hydroxylation sites is 1. The number of aryl methyl sites for hydroxylation is 1. The number of nitrogens with zero attached hydrogens (tertiary/aromatic N) is 4. The molecule has 7 heteroatoms. The highest BCUT2D eigenvalue weighted by molar-refractivity contribution is 5.93. The van der Waals surface area contributed by atoms with Crippen LogP contribution in [0.15, 0.2) is 65.7 Å². The Kier molecular flexibility index (Phi) is 5.29. The van der Waals surface area contributed by atoms with Gasteiger partial charge in [0.2, 0.25) is 0 Å². The van der Waals surface area contributed by atoms with Gasteiger partial charge in [-0.25, -0.2) is 9.97 Å². The average Bonchev–Trinajstić information content (AvgIpc) is 2.79. The summed E-state index contributed by atoms with van der Waals surface area (Å²) in [5, 5.41) is 3.24. The van der Waals surface area contributed by atoms with Gasteiger partial charge in [-0.05, 0) is 38.1 Å². The fourth-order valence-corrected chi connectivity index (χ4v) is 3.44.